The van der Waals surface area contributed by atoms with E-state index in [0.717, 1.165) is 56.1 Å². The van der Waals surface area contributed by atoms with Crippen LogP contribution in [0.1, 0.15) is 62.7 Å². The number of piperidine rings is 1. The second-order valence-electron chi connectivity index (χ2n) is 13.6. The van der Waals surface area contributed by atoms with Crippen LogP contribution in [0.4, 0.5) is 10.1 Å². The Hall–Kier alpha value is -3.95. The van der Waals surface area contributed by atoms with Gasteiger partial charge < -0.3 is 29.7 Å². The highest BCUT2D eigenvalue weighted by atomic mass is 19.1. The fourth-order valence-corrected chi connectivity index (χ4v) is 7.61. The van der Waals surface area contributed by atoms with Crippen LogP contribution in [0.5, 0.6) is 11.5 Å². The van der Waals surface area contributed by atoms with Gasteiger partial charge in [-0.3, -0.25) is 9.59 Å². The summed E-state index contributed by atoms with van der Waals surface area (Å²) in [6.45, 7) is 8.68. The third kappa shape index (κ3) is 5.75. The lowest BCUT2D eigenvalue weighted by atomic mass is 9.95. The number of nitrogens with one attached hydrogen (secondary N) is 2. The molecule has 7 rings (SSSR count). The highest BCUT2D eigenvalue weighted by molar-refractivity contribution is 6.02. The van der Waals surface area contributed by atoms with E-state index in [9.17, 15) is 9.59 Å². The Bertz CT molecular complexity index is 1860. The fraction of sp³-hybridized carbons (Fsp3) is 0.459. The van der Waals surface area contributed by atoms with E-state index < -0.39 is 17.2 Å². The first-order valence-corrected chi connectivity index (χ1v) is 16.9. The molecule has 3 aromatic carbocycles. The standard InChI is InChI=1S/C37H44FN5O3/c1-23-11-12-24(2)42(21-23)17-7-14-39-33-30(38)20-28-34-36(33)46-32-19-26-9-5-4-8-25(26)18-31(32)43(34)22-29(35(28)44)37(45)40-15-13-27-10-6-16-41(27)3/h4-5,8-9,18-20,22-24,27,39H,6-7,10-17,21H2,1-3H3,(H,40,45). The molecule has 2 N–H and O–H groups in total. The SMILES string of the molecule is CC1CCC(C)N(CCCNc2c(F)cc3c(=O)c(C(=O)NCCC4CCCN4C)cn4c3c2Oc2cc3ccccc3cc2-4)C1. The molecule has 9 heteroatoms. The van der Waals surface area contributed by atoms with Gasteiger partial charge in [0.25, 0.3) is 5.91 Å². The molecule has 242 valence electrons. The molecule has 0 radical (unpaired) electrons. The normalized spacial score (nSPS) is 21.3. The largest absolute Gasteiger partial charge is 0.451 e. The Morgan fingerprint density at radius 2 is 1.87 bits per heavy atom. The van der Waals surface area contributed by atoms with E-state index in [1.165, 1.54) is 18.9 Å². The quantitative estimate of drug-likeness (QED) is 0.182. The molecular weight excluding hydrogens is 581 g/mol. The van der Waals surface area contributed by atoms with Gasteiger partial charge in [0, 0.05) is 44.5 Å². The number of hydrogen-bond acceptors (Lipinski definition) is 6. The average Bonchev–Trinajstić information content (AvgIpc) is 3.46. The van der Waals surface area contributed by atoms with Crippen molar-refractivity contribution in [2.75, 3.05) is 45.1 Å². The third-order valence-corrected chi connectivity index (χ3v) is 10.3. The van der Waals surface area contributed by atoms with Crippen molar-refractivity contribution in [2.45, 2.75) is 64.5 Å². The lowest BCUT2D eigenvalue weighted by Gasteiger charge is -2.36. The minimum atomic E-state index is -0.572. The average molecular weight is 626 g/mol. The highest BCUT2D eigenvalue weighted by Crippen LogP contribution is 2.46. The van der Waals surface area contributed by atoms with Gasteiger partial charge in [-0.25, -0.2) is 4.39 Å². The molecule has 3 aliphatic rings. The number of amides is 1. The summed E-state index contributed by atoms with van der Waals surface area (Å²) in [5.74, 6) is 0.476. The third-order valence-electron chi connectivity index (χ3n) is 10.3. The van der Waals surface area contributed by atoms with Crippen molar-refractivity contribution in [3.63, 3.8) is 0 Å². The van der Waals surface area contributed by atoms with Crippen LogP contribution < -0.4 is 20.8 Å². The van der Waals surface area contributed by atoms with Gasteiger partial charge in [-0.15, -0.1) is 0 Å². The van der Waals surface area contributed by atoms with E-state index in [1.807, 2.05) is 41.0 Å². The molecule has 2 fully saturated rings. The molecule has 1 aromatic heterocycles. The lowest BCUT2D eigenvalue weighted by Crippen LogP contribution is -2.41. The predicted molar refractivity (Wildman–Crippen MR) is 182 cm³/mol. The van der Waals surface area contributed by atoms with E-state index in [-0.39, 0.29) is 22.4 Å². The fourth-order valence-electron chi connectivity index (χ4n) is 7.61. The van der Waals surface area contributed by atoms with Gasteiger partial charge in [0.15, 0.2) is 17.3 Å². The molecule has 0 spiro atoms. The van der Waals surface area contributed by atoms with Crippen LogP contribution in [0.25, 0.3) is 27.4 Å². The van der Waals surface area contributed by atoms with Crippen molar-refractivity contribution >= 4 is 33.3 Å². The van der Waals surface area contributed by atoms with Crippen LogP contribution in [-0.4, -0.2) is 72.1 Å². The number of fused-ring (bicyclic) bond motifs is 3. The molecule has 0 bridgehead atoms. The first-order valence-electron chi connectivity index (χ1n) is 16.9. The number of ether oxygens (including phenoxy) is 1. The Balaban J connectivity index is 1.23. The Labute approximate surface area is 269 Å². The monoisotopic (exact) mass is 625 g/mol. The summed E-state index contributed by atoms with van der Waals surface area (Å²) < 4.78 is 24.3. The molecule has 3 atom stereocenters. The number of benzene rings is 3. The number of likely N-dealkylation sites (tertiary alicyclic amines) is 2. The molecule has 4 aromatic rings. The van der Waals surface area contributed by atoms with Crippen molar-refractivity contribution < 1.29 is 13.9 Å². The summed E-state index contributed by atoms with van der Waals surface area (Å²) in [7, 11) is 2.11. The number of carbonyl (C=O) groups is 1. The van der Waals surface area contributed by atoms with E-state index in [1.54, 1.807) is 6.20 Å². The van der Waals surface area contributed by atoms with E-state index in [4.69, 9.17) is 4.74 Å². The van der Waals surface area contributed by atoms with Crippen LogP contribution in [0.3, 0.4) is 0 Å². The zero-order valence-electron chi connectivity index (χ0n) is 27.1. The Kier molecular flexibility index (Phi) is 8.46. The zero-order chi connectivity index (χ0) is 31.9. The Morgan fingerprint density at radius 3 is 2.65 bits per heavy atom. The number of pyridine rings is 1. The van der Waals surface area contributed by atoms with Crippen LogP contribution in [0.15, 0.2) is 53.5 Å². The van der Waals surface area contributed by atoms with Crippen molar-refractivity contribution in [2.24, 2.45) is 5.92 Å². The summed E-state index contributed by atoms with van der Waals surface area (Å²) in [5.41, 5.74) is 0.874. The van der Waals surface area contributed by atoms with E-state index in [0.29, 0.717) is 48.0 Å². The molecule has 1 amide bonds. The number of rotatable bonds is 9. The second kappa shape index (κ2) is 12.7. The van der Waals surface area contributed by atoms with Crippen molar-refractivity contribution in [3.05, 3.63) is 70.3 Å². The van der Waals surface area contributed by atoms with Gasteiger partial charge in [-0.05, 0) is 93.9 Å². The molecular formula is C37H44FN5O3. The van der Waals surface area contributed by atoms with Crippen LogP contribution in [0.2, 0.25) is 0 Å². The maximum atomic E-state index is 16.0. The summed E-state index contributed by atoms with van der Waals surface area (Å²) in [6, 6.07) is 14.1. The summed E-state index contributed by atoms with van der Waals surface area (Å²) >= 11 is 0. The molecule has 3 unspecified atom stereocenters. The summed E-state index contributed by atoms with van der Waals surface area (Å²) in [4.78, 5) is 32.1. The van der Waals surface area contributed by atoms with Gasteiger partial charge in [0.05, 0.1) is 11.1 Å². The summed E-state index contributed by atoms with van der Waals surface area (Å²) in [5, 5.41) is 8.37. The van der Waals surface area contributed by atoms with Gasteiger partial charge >= 0.3 is 0 Å². The first-order chi connectivity index (χ1) is 22.3. The van der Waals surface area contributed by atoms with E-state index in [2.05, 4.69) is 41.3 Å². The zero-order valence-corrected chi connectivity index (χ0v) is 27.1. The highest BCUT2D eigenvalue weighted by Gasteiger charge is 2.29. The van der Waals surface area contributed by atoms with Crippen molar-refractivity contribution in [1.82, 2.24) is 19.7 Å². The van der Waals surface area contributed by atoms with Crippen molar-refractivity contribution in [1.29, 1.82) is 0 Å². The molecule has 0 saturated carbocycles. The molecule has 46 heavy (non-hydrogen) atoms. The smallest absolute Gasteiger partial charge is 0.256 e. The molecule has 2 saturated heterocycles. The maximum Gasteiger partial charge on any atom is 0.256 e. The minimum absolute atomic E-state index is 0.00998. The van der Waals surface area contributed by atoms with E-state index >= 15 is 4.39 Å². The molecule has 3 aliphatic heterocycles. The topological polar surface area (TPSA) is 78.8 Å². The maximum absolute atomic E-state index is 16.0. The number of aromatic nitrogens is 1. The number of carbonyl (C=O) groups excluding carboxylic acids is 1. The molecule has 8 nitrogen and oxygen atoms in total. The van der Waals surface area contributed by atoms with Crippen LogP contribution in [0, 0.1) is 11.7 Å². The predicted octanol–water partition coefficient (Wildman–Crippen LogP) is 6.53. The molecule has 4 heterocycles. The number of halogens is 1. The van der Waals surface area contributed by atoms with Gasteiger partial charge in [-0.2, -0.15) is 0 Å². The van der Waals surface area contributed by atoms with Crippen molar-refractivity contribution in [3.8, 4) is 17.2 Å². The van der Waals surface area contributed by atoms with Gasteiger partial charge in [-0.1, -0.05) is 31.2 Å². The second-order valence-corrected chi connectivity index (χ2v) is 13.6. The number of hydrogen-bond donors (Lipinski definition) is 2. The molecule has 0 aliphatic carbocycles. The van der Waals surface area contributed by atoms with Crippen LogP contribution in [-0.2, 0) is 0 Å². The summed E-state index contributed by atoms with van der Waals surface area (Å²) in [6.07, 6.45) is 7.99. The number of anilines is 1. The first kappa shape index (κ1) is 30.7. The Morgan fingerprint density at radius 1 is 1.07 bits per heavy atom. The van der Waals surface area contributed by atoms with Gasteiger partial charge in [0.2, 0.25) is 5.43 Å². The minimum Gasteiger partial charge on any atom is -0.451 e. The lowest BCUT2D eigenvalue weighted by molar-refractivity contribution is 0.0949. The van der Waals surface area contributed by atoms with Crippen LogP contribution >= 0.6 is 0 Å². The number of nitrogens with zero attached hydrogens (tertiary/aromatic N) is 3. The van der Waals surface area contributed by atoms with Gasteiger partial charge in [0.1, 0.15) is 16.8 Å².